The van der Waals surface area contributed by atoms with Crippen molar-refractivity contribution in [1.29, 1.82) is 0 Å². The van der Waals surface area contributed by atoms with E-state index < -0.39 is 5.97 Å². The van der Waals surface area contributed by atoms with Crippen molar-refractivity contribution < 1.29 is 14.3 Å². The van der Waals surface area contributed by atoms with Gasteiger partial charge in [-0.05, 0) is 44.0 Å². The van der Waals surface area contributed by atoms with E-state index in [1.165, 1.54) is 7.11 Å². The maximum Gasteiger partial charge on any atom is 0.337 e. The molecule has 19 heavy (non-hydrogen) atoms. The predicted molar refractivity (Wildman–Crippen MR) is 74.1 cm³/mol. The highest BCUT2D eigenvalue weighted by Crippen LogP contribution is 2.18. The van der Waals surface area contributed by atoms with E-state index in [-0.39, 0.29) is 5.91 Å². The van der Waals surface area contributed by atoms with Crippen LogP contribution in [0.4, 0.5) is 5.69 Å². The molecule has 1 aromatic carbocycles. The molecule has 5 nitrogen and oxygen atoms in total. The number of unbranched alkanes of at least 4 members (excludes halogenated alkanes) is 1. The van der Waals surface area contributed by atoms with Gasteiger partial charge in [-0.15, -0.1) is 0 Å². The van der Waals surface area contributed by atoms with Gasteiger partial charge in [0.05, 0.1) is 12.7 Å². The van der Waals surface area contributed by atoms with Gasteiger partial charge in [-0.25, -0.2) is 4.79 Å². The van der Waals surface area contributed by atoms with Crippen LogP contribution in [0.25, 0.3) is 0 Å². The van der Waals surface area contributed by atoms with E-state index in [4.69, 9.17) is 5.73 Å². The second-order valence-corrected chi connectivity index (χ2v) is 4.32. The molecule has 0 heterocycles. The molecule has 0 radical (unpaired) electrons. The molecule has 0 saturated heterocycles. The lowest BCUT2D eigenvalue weighted by Crippen LogP contribution is -2.13. The van der Waals surface area contributed by atoms with Gasteiger partial charge in [0.1, 0.15) is 0 Å². The molecule has 1 aromatic rings. The summed E-state index contributed by atoms with van der Waals surface area (Å²) in [6.07, 6.45) is 2.02. The Labute approximate surface area is 113 Å². The number of anilines is 1. The Hall–Kier alpha value is -1.88. The van der Waals surface area contributed by atoms with Gasteiger partial charge in [0.2, 0.25) is 5.91 Å². The number of amides is 1. The number of methoxy groups -OCH3 is 1. The van der Waals surface area contributed by atoms with Crippen LogP contribution in [0.3, 0.4) is 0 Å². The second kappa shape index (κ2) is 7.53. The van der Waals surface area contributed by atoms with Crippen LogP contribution >= 0.6 is 0 Å². The van der Waals surface area contributed by atoms with Crippen molar-refractivity contribution in [2.24, 2.45) is 5.73 Å². The van der Waals surface area contributed by atoms with Crippen LogP contribution in [0, 0.1) is 6.92 Å². The van der Waals surface area contributed by atoms with Gasteiger partial charge in [-0.1, -0.05) is 6.07 Å². The normalized spacial score (nSPS) is 10.1. The van der Waals surface area contributed by atoms with Crippen LogP contribution in [-0.2, 0) is 9.53 Å². The standard InChI is InChI=1S/C14H20N2O3/c1-10-6-7-11(14(18)19-2)9-12(10)16-13(17)5-3-4-8-15/h6-7,9H,3-5,8,15H2,1-2H3,(H,16,17). The molecule has 0 aliphatic rings. The monoisotopic (exact) mass is 264 g/mol. The molecule has 0 aliphatic heterocycles. The van der Waals surface area contributed by atoms with E-state index in [0.717, 1.165) is 18.4 Å². The van der Waals surface area contributed by atoms with Gasteiger partial charge >= 0.3 is 5.97 Å². The van der Waals surface area contributed by atoms with Gasteiger partial charge in [-0.3, -0.25) is 4.79 Å². The Morgan fingerprint density at radius 3 is 2.68 bits per heavy atom. The zero-order chi connectivity index (χ0) is 14.3. The third-order valence-corrected chi connectivity index (χ3v) is 2.79. The van der Waals surface area contributed by atoms with Gasteiger partial charge in [0.15, 0.2) is 0 Å². The number of hydrogen-bond donors (Lipinski definition) is 2. The fraction of sp³-hybridized carbons (Fsp3) is 0.429. The van der Waals surface area contributed by atoms with E-state index in [2.05, 4.69) is 10.1 Å². The SMILES string of the molecule is COC(=O)c1ccc(C)c(NC(=O)CCCCN)c1. The molecule has 1 amide bonds. The highest BCUT2D eigenvalue weighted by molar-refractivity contribution is 5.95. The summed E-state index contributed by atoms with van der Waals surface area (Å²) in [5.41, 5.74) is 7.34. The summed E-state index contributed by atoms with van der Waals surface area (Å²) in [7, 11) is 1.33. The molecule has 0 unspecified atom stereocenters. The van der Waals surface area contributed by atoms with Crippen molar-refractivity contribution in [2.75, 3.05) is 19.0 Å². The number of ether oxygens (including phenoxy) is 1. The Morgan fingerprint density at radius 2 is 2.05 bits per heavy atom. The van der Waals surface area contributed by atoms with E-state index in [0.29, 0.717) is 24.2 Å². The molecule has 0 saturated carbocycles. The minimum absolute atomic E-state index is 0.0708. The first-order valence-electron chi connectivity index (χ1n) is 6.27. The van der Waals surface area contributed by atoms with Gasteiger partial charge < -0.3 is 15.8 Å². The highest BCUT2D eigenvalue weighted by atomic mass is 16.5. The van der Waals surface area contributed by atoms with Crippen LogP contribution in [0.5, 0.6) is 0 Å². The summed E-state index contributed by atoms with van der Waals surface area (Å²) in [5.74, 6) is -0.489. The summed E-state index contributed by atoms with van der Waals surface area (Å²) in [4.78, 5) is 23.1. The number of benzene rings is 1. The largest absolute Gasteiger partial charge is 0.465 e. The molecule has 5 heteroatoms. The summed E-state index contributed by atoms with van der Waals surface area (Å²) in [6, 6.07) is 5.08. The molecule has 0 fully saturated rings. The van der Waals surface area contributed by atoms with Crippen LogP contribution in [0.15, 0.2) is 18.2 Å². The van der Waals surface area contributed by atoms with Crippen LogP contribution in [0.2, 0.25) is 0 Å². The first kappa shape index (κ1) is 15.2. The van der Waals surface area contributed by atoms with Crippen LogP contribution < -0.4 is 11.1 Å². The Balaban J connectivity index is 2.71. The highest BCUT2D eigenvalue weighted by Gasteiger charge is 2.10. The number of carbonyl (C=O) groups excluding carboxylic acids is 2. The van der Waals surface area contributed by atoms with E-state index in [1.54, 1.807) is 18.2 Å². The number of rotatable bonds is 6. The molecule has 104 valence electrons. The molecule has 1 rings (SSSR count). The van der Waals surface area contributed by atoms with Crippen LogP contribution in [-0.4, -0.2) is 25.5 Å². The summed E-state index contributed by atoms with van der Waals surface area (Å²) >= 11 is 0. The average Bonchev–Trinajstić information content (AvgIpc) is 2.40. The number of nitrogens with two attached hydrogens (primary N) is 1. The lowest BCUT2D eigenvalue weighted by molar-refractivity contribution is -0.116. The second-order valence-electron chi connectivity index (χ2n) is 4.32. The van der Waals surface area contributed by atoms with Crippen molar-refractivity contribution in [2.45, 2.75) is 26.2 Å². The predicted octanol–water partition coefficient (Wildman–Crippen LogP) is 1.85. The molecule has 0 aliphatic carbocycles. The first-order valence-corrected chi connectivity index (χ1v) is 6.27. The van der Waals surface area contributed by atoms with Gasteiger partial charge in [0.25, 0.3) is 0 Å². The van der Waals surface area contributed by atoms with Crippen molar-refractivity contribution in [3.05, 3.63) is 29.3 Å². The number of hydrogen-bond acceptors (Lipinski definition) is 4. The number of aryl methyl sites for hydroxylation is 1. The van der Waals surface area contributed by atoms with Crippen molar-refractivity contribution in [3.8, 4) is 0 Å². The first-order chi connectivity index (χ1) is 9.08. The van der Waals surface area contributed by atoms with E-state index >= 15 is 0 Å². The van der Waals surface area contributed by atoms with E-state index in [9.17, 15) is 9.59 Å². The van der Waals surface area contributed by atoms with Crippen molar-refractivity contribution >= 4 is 17.6 Å². The molecule has 0 spiro atoms. The number of nitrogens with one attached hydrogen (secondary N) is 1. The molecular weight excluding hydrogens is 244 g/mol. The maximum atomic E-state index is 11.7. The summed E-state index contributed by atoms with van der Waals surface area (Å²) in [5, 5.41) is 2.80. The fourth-order valence-electron chi connectivity index (χ4n) is 1.64. The van der Waals surface area contributed by atoms with E-state index in [1.807, 2.05) is 6.92 Å². The molecular formula is C14H20N2O3. The molecule has 0 atom stereocenters. The minimum atomic E-state index is -0.418. The summed E-state index contributed by atoms with van der Waals surface area (Å²) in [6.45, 7) is 2.46. The Kier molecular flexibility index (Phi) is 6.02. The zero-order valence-electron chi connectivity index (χ0n) is 11.4. The average molecular weight is 264 g/mol. The third kappa shape index (κ3) is 4.71. The van der Waals surface area contributed by atoms with Gasteiger partial charge in [0, 0.05) is 12.1 Å². The lowest BCUT2D eigenvalue weighted by atomic mass is 10.1. The lowest BCUT2D eigenvalue weighted by Gasteiger charge is -2.10. The van der Waals surface area contributed by atoms with Crippen LogP contribution in [0.1, 0.15) is 35.2 Å². The molecule has 0 aromatic heterocycles. The molecule has 3 N–H and O–H groups in total. The third-order valence-electron chi connectivity index (χ3n) is 2.79. The van der Waals surface area contributed by atoms with Crippen molar-refractivity contribution in [1.82, 2.24) is 0 Å². The fourth-order valence-corrected chi connectivity index (χ4v) is 1.64. The Morgan fingerprint density at radius 1 is 1.32 bits per heavy atom. The quantitative estimate of drug-likeness (QED) is 0.607. The topological polar surface area (TPSA) is 81.4 Å². The minimum Gasteiger partial charge on any atom is -0.465 e. The maximum absolute atomic E-state index is 11.7. The summed E-state index contributed by atoms with van der Waals surface area (Å²) < 4.78 is 4.65. The zero-order valence-corrected chi connectivity index (χ0v) is 11.4. The number of carbonyl (C=O) groups is 2. The van der Waals surface area contributed by atoms with Gasteiger partial charge in [-0.2, -0.15) is 0 Å². The number of esters is 1. The Bertz CT molecular complexity index is 458. The smallest absolute Gasteiger partial charge is 0.337 e. The van der Waals surface area contributed by atoms with Crippen molar-refractivity contribution in [3.63, 3.8) is 0 Å². The molecule has 0 bridgehead atoms.